The summed E-state index contributed by atoms with van der Waals surface area (Å²) in [7, 11) is 0. The molecule has 1 saturated heterocycles. The molecule has 1 aromatic rings. The lowest BCUT2D eigenvalue weighted by Gasteiger charge is -2.17. The van der Waals surface area contributed by atoms with E-state index in [2.05, 4.69) is 32.0 Å². The zero-order valence-corrected chi connectivity index (χ0v) is 12.7. The number of para-hydroxylation sites is 1. The smallest absolute Gasteiger partial charge is 0.125 e. The second kappa shape index (κ2) is 7.65. The van der Waals surface area contributed by atoms with Crippen LogP contribution in [0.25, 0.3) is 0 Å². The first-order valence-corrected chi connectivity index (χ1v) is 7.79. The standard InChI is InChI=1S/C17H27NO2/c1-3-15(18)12-14-7-4-6-13(2)17(14)20-11-9-16-8-5-10-19-16/h4,6-7,15-16H,3,5,8-12,18H2,1-2H3. The zero-order chi connectivity index (χ0) is 14.4. The quantitative estimate of drug-likeness (QED) is 0.832. The largest absolute Gasteiger partial charge is 0.493 e. The highest BCUT2D eigenvalue weighted by Gasteiger charge is 2.16. The zero-order valence-electron chi connectivity index (χ0n) is 12.7. The number of hydrogen-bond acceptors (Lipinski definition) is 3. The van der Waals surface area contributed by atoms with E-state index in [-0.39, 0.29) is 6.04 Å². The molecule has 0 spiro atoms. The van der Waals surface area contributed by atoms with Crippen LogP contribution in [-0.2, 0) is 11.2 Å². The van der Waals surface area contributed by atoms with E-state index in [1.807, 2.05) is 0 Å². The van der Waals surface area contributed by atoms with Crippen molar-refractivity contribution in [3.05, 3.63) is 29.3 Å². The van der Waals surface area contributed by atoms with Crippen molar-refractivity contribution in [2.75, 3.05) is 13.2 Å². The molecule has 1 aliphatic rings. The minimum absolute atomic E-state index is 0.206. The van der Waals surface area contributed by atoms with Crippen LogP contribution in [0.1, 0.15) is 43.7 Å². The highest BCUT2D eigenvalue weighted by atomic mass is 16.5. The molecule has 0 amide bonds. The summed E-state index contributed by atoms with van der Waals surface area (Å²) in [6.07, 6.45) is 5.60. The predicted octanol–water partition coefficient (Wildman–Crippen LogP) is 3.22. The number of aryl methyl sites for hydroxylation is 1. The molecule has 0 saturated carbocycles. The Kier molecular flexibility index (Phi) is 5.86. The molecule has 1 fully saturated rings. The van der Waals surface area contributed by atoms with Crippen LogP contribution in [0.15, 0.2) is 18.2 Å². The van der Waals surface area contributed by atoms with Gasteiger partial charge in [-0.3, -0.25) is 0 Å². The van der Waals surface area contributed by atoms with Crippen molar-refractivity contribution in [2.24, 2.45) is 5.73 Å². The van der Waals surface area contributed by atoms with Gasteiger partial charge in [0, 0.05) is 19.1 Å². The van der Waals surface area contributed by atoms with E-state index in [1.54, 1.807) is 0 Å². The highest BCUT2D eigenvalue weighted by molar-refractivity contribution is 5.41. The Bertz CT molecular complexity index is 413. The minimum Gasteiger partial charge on any atom is -0.493 e. The van der Waals surface area contributed by atoms with Gasteiger partial charge in [-0.05, 0) is 43.7 Å². The Morgan fingerprint density at radius 1 is 1.45 bits per heavy atom. The molecule has 0 aliphatic carbocycles. The summed E-state index contributed by atoms with van der Waals surface area (Å²) in [6.45, 7) is 5.86. The van der Waals surface area contributed by atoms with Gasteiger partial charge in [-0.15, -0.1) is 0 Å². The number of ether oxygens (including phenoxy) is 2. The summed E-state index contributed by atoms with van der Waals surface area (Å²) >= 11 is 0. The van der Waals surface area contributed by atoms with Crippen LogP contribution in [0, 0.1) is 6.92 Å². The van der Waals surface area contributed by atoms with Crippen LogP contribution in [0.4, 0.5) is 0 Å². The molecule has 1 aromatic carbocycles. The summed E-state index contributed by atoms with van der Waals surface area (Å²) < 4.78 is 11.7. The molecular weight excluding hydrogens is 250 g/mol. The lowest BCUT2D eigenvalue weighted by atomic mass is 10.0. The van der Waals surface area contributed by atoms with Crippen molar-refractivity contribution < 1.29 is 9.47 Å². The highest BCUT2D eigenvalue weighted by Crippen LogP contribution is 2.25. The van der Waals surface area contributed by atoms with Gasteiger partial charge in [0.15, 0.2) is 0 Å². The molecule has 1 heterocycles. The minimum atomic E-state index is 0.206. The van der Waals surface area contributed by atoms with Gasteiger partial charge in [0.2, 0.25) is 0 Å². The molecule has 20 heavy (non-hydrogen) atoms. The summed E-state index contributed by atoms with van der Waals surface area (Å²) in [4.78, 5) is 0. The van der Waals surface area contributed by atoms with E-state index >= 15 is 0 Å². The third kappa shape index (κ3) is 4.22. The molecule has 2 N–H and O–H groups in total. The molecule has 112 valence electrons. The van der Waals surface area contributed by atoms with Gasteiger partial charge in [-0.1, -0.05) is 25.1 Å². The Labute approximate surface area is 122 Å². The van der Waals surface area contributed by atoms with E-state index in [1.165, 1.54) is 24.0 Å². The molecule has 3 heteroatoms. The normalized spacial score (nSPS) is 20.1. The maximum Gasteiger partial charge on any atom is 0.125 e. The fourth-order valence-corrected chi connectivity index (χ4v) is 2.67. The van der Waals surface area contributed by atoms with E-state index in [9.17, 15) is 0 Å². The first-order valence-electron chi connectivity index (χ1n) is 7.79. The van der Waals surface area contributed by atoms with Gasteiger partial charge in [0.1, 0.15) is 5.75 Å². The van der Waals surface area contributed by atoms with Crippen molar-refractivity contribution in [3.63, 3.8) is 0 Å². The second-order valence-corrected chi connectivity index (χ2v) is 5.71. The Morgan fingerprint density at radius 3 is 3.00 bits per heavy atom. The monoisotopic (exact) mass is 277 g/mol. The Morgan fingerprint density at radius 2 is 2.30 bits per heavy atom. The van der Waals surface area contributed by atoms with Crippen LogP contribution in [0.5, 0.6) is 5.75 Å². The van der Waals surface area contributed by atoms with Crippen LogP contribution >= 0.6 is 0 Å². The predicted molar refractivity (Wildman–Crippen MR) is 82.2 cm³/mol. The fraction of sp³-hybridized carbons (Fsp3) is 0.647. The molecule has 0 aromatic heterocycles. The van der Waals surface area contributed by atoms with Gasteiger partial charge >= 0.3 is 0 Å². The number of rotatable bonds is 7. The molecule has 3 nitrogen and oxygen atoms in total. The van der Waals surface area contributed by atoms with Gasteiger partial charge in [-0.2, -0.15) is 0 Å². The number of benzene rings is 1. The Hall–Kier alpha value is -1.06. The van der Waals surface area contributed by atoms with Gasteiger partial charge in [0.05, 0.1) is 12.7 Å². The van der Waals surface area contributed by atoms with E-state index < -0.39 is 0 Å². The lowest BCUT2D eigenvalue weighted by Crippen LogP contribution is -2.22. The number of hydrogen-bond donors (Lipinski definition) is 1. The second-order valence-electron chi connectivity index (χ2n) is 5.71. The third-order valence-electron chi connectivity index (χ3n) is 4.01. The number of nitrogens with two attached hydrogens (primary N) is 1. The first-order chi connectivity index (χ1) is 9.70. The first kappa shape index (κ1) is 15.3. The maximum atomic E-state index is 6.08. The lowest BCUT2D eigenvalue weighted by molar-refractivity contribution is 0.0901. The van der Waals surface area contributed by atoms with Crippen molar-refractivity contribution in [3.8, 4) is 5.75 Å². The van der Waals surface area contributed by atoms with Gasteiger partial charge < -0.3 is 15.2 Å². The van der Waals surface area contributed by atoms with E-state index in [4.69, 9.17) is 15.2 Å². The molecule has 2 unspecified atom stereocenters. The van der Waals surface area contributed by atoms with Crippen molar-refractivity contribution in [2.45, 2.75) is 58.1 Å². The summed E-state index contributed by atoms with van der Waals surface area (Å²) in [5.74, 6) is 1.02. The van der Waals surface area contributed by atoms with Crippen LogP contribution in [0.2, 0.25) is 0 Å². The SMILES string of the molecule is CCC(N)Cc1cccc(C)c1OCCC1CCCO1. The van der Waals surface area contributed by atoms with E-state index in [0.717, 1.165) is 38.2 Å². The van der Waals surface area contributed by atoms with Crippen molar-refractivity contribution >= 4 is 0 Å². The van der Waals surface area contributed by atoms with Crippen molar-refractivity contribution in [1.29, 1.82) is 0 Å². The average molecular weight is 277 g/mol. The van der Waals surface area contributed by atoms with Crippen LogP contribution in [-0.4, -0.2) is 25.4 Å². The third-order valence-corrected chi connectivity index (χ3v) is 4.01. The summed E-state index contributed by atoms with van der Waals surface area (Å²) in [6, 6.07) is 6.52. The van der Waals surface area contributed by atoms with Gasteiger partial charge in [0.25, 0.3) is 0 Å². The van der Waals surface area contributed by atoms with Crippen LogP contribution < -0.4 is 10.5 Å². The average Bonchev–Trinajstić information content (AvgIpc) is 2.95. The molecular formula is C17H27NO2. The summed E-state index contributed by atoms with van der Waals surface area (Å²) in [5.41, 5.74) is 8.50. The van der Waals surface area contributed by atoms with Crippen LogP contribution in [0.3, 0.4) is 0 Å². The van der Waals surface area contributed by atoms with Gasteiger partial charge in [-0.25, -0.2) is 0 Å². The molecule has 0 radical (unpaired) electrons. The maximum absolute atomic E-state index is 6.08. The summed E-state index contributed by atoms with van der Waals surface area (Å²) in [5, 5.41) is 0. The Balaban J connectivity index is 1.94. The van der Waals surface area contributed by atoms with E-state index in [0.29, 0.717) is 6.10 Å². The van der Waals surface area contributed by atoms with Crippen molar-refractivity contribution in [1.82, 2.24) is 0 Å². The molecule has 2 atom stereocenters. The molecule has 2 rings (SSSR count). The fourth-order valence-electron chi connectivity index (χ4n) is 2.67. The molecule has 1 aliphatic heterocycles. The topological polar surface area (TPSA) is 44.5 Å². The molecule has 0 bridgehead atoms.